The second-order valence-electron chi connectivity index (χ2n) is 6.97. The molecular formula is C19H26FN3O3. The van der Waals surface area contributed by atoms with Crippen LogP contribution in [-0.2, 0) is 20.9 Å². The summed E-state index contributed by atoms with van der Waals surface area (Å²) in [5.74, 6) is -0.779. The van der Waals surface area contributed by atoms with E-state index in [1.165, 1.54) is 18.6 Å². The SMILES string of the molecule is CCN(Cc1cccc(F)c1)C(=O)COC(=O)C1NNC2CCCCC21. The molecule has 3 atom stereocenters. The van der Waals surface area contributed by atoms with Crippen LogP contribution in [0.4, 0.5) is 4.39 Å². The summed E-state index contributed by atoms with van der Waals surface area (Å²) in [6.07, 6.45) is 4.32. The second kappa shape index (κ2) is 8.60. The number of carbonyl (C=O) groups is 2. The zero-order valence-electron chi connectivity index (χ0n) is 15.0. The predicted molar refractivity (Wildman–Crippen MR) is 94.3 cm³/mol. The Labute approximate surface area is 153 Å². The molecule has 0 radical (unpaired) electrons. The van der Waals surface area contributed by atoms with Crippen molar-refractivity contribution in [2.45, 2.75) is 51.2 Å². The number of benzene rings is 1. The summed E-state index contributed by atoms with van der Waals surface area (Å²) in [6, 6.07) is 6.05. The van der Waals surface area contributed by atoms with Crippen LogP contribution >= 0.6 is 0 Å². The van der Waals surface area contributed by atoms with Crippen molar-refractivity contribution in [1.82, 2.24) is 15.8 Å². The highest BCUT2D eigenvalue weighted by Gasteiger charge is 2.42. The normalized spacial score (nSPS) is 24.8. The van der Waals surface area contributed by atoms with Crippen molar-refractivity contribution in [2.24, 2.45) is 5.92 Å². The highest BCUT2D eigenvalue weighted by Crippen LogP contribution is 2.30. The van der Waals surface area contributed by atoms with Crippen LogP contribution in [0.15, 0.2) is 24.3 Å². The molecular weight excluding hydrogens is 337 g/mol. The lowest BCUT2D eigenvalue weighted by Crippen LogP contribution is -2.42. The van der Waals surface area contributed by atoms with Gasteiger partial charge in [-0.2, -0.15) is 0 Å². The maximum Gasteiger partial charge on any atom is 0.325 e. The van der Waals surface area contributed by atoms with Gasteiger partial charge in [0.15, 0.2) is 6.61 Å². The number of hydrogen-bond acceptors (Lipinski definition) is 5. The number of hydrogen-bond donors (Lipinski definition) is 2. The lowest BCUT2D eigenvalue weighted by molar-refractivity contribution is -0.154. The van der Waals surface area contributed by atoms with Crippen LogP contribution in [0.2, 0.25) is 0 Å². The molecule has 142 valence electrons. The molecule has 2 aliphatic rings. The second-order valence-corrected chi connectivity index (χ2v) is 6.97. The molecule has 3 unspecified atom stereocenters. The molecule has 2 fully saturated rings. The number of rotatable bonds is 6. The van der Waals surface area contributed by atoms with E-state index in [0.29, 0.717) is 24.7 Å². The Morgan fingerprint density at radius 2 is 2.08 bits per heavy atom. The molecule has 1 aromatic rings. The first-order valence-electron chi connectivity index (χ1n) is 9.28. The topological polar surface area (TPSA) is 70.7 Å². The fourth-order valence-electron chi connectivity index (χ4n) is 3.82. The average Bonchev–Trinajstić information content (AvgIpc) is 3.08. The third kappa shape index (κ3) is 4.40. The van der Waals surface area contributed by atoms with E-state index in [0.717, 1.165) is 19.3 Å². The van der Waals surface area contributed by atoms with E-state index in [9.17, 15) is 14.0 Å². The average molecular weight is 363 g/mol. The van der Waals surface area contributed by atoms with Gasteiger partial charge < -0.3 is 9.64 Å². The molecule has 1 heterocycles. The summed E-state index contributed by atoms with van der Waals surface area (Å²) in [4.78, 5) is 26.3. The Kier molecular flexibility index (Phi) is 6.21. The number of hydrazine groups is 1. The minimum Gasteiger partial charge on any atom is -0.454 e. The minimum atomic E-state index is -0.397. The number of carbonyl (C=O) groups excluding carboxylic acids is 2. The van der Waals surface area contributed by atoms with Crippen molar-refractivity contribution in [3.63, 3.8) is 0 Å². The van der Waals surface area contributed by atoms with Gasteiger partial charge in [0.1, 0.15) is 11.9 Å². The Balaban J connectivity index is 1.51. The summed E-state index contributed by atoms with van der Waals surface area (Å²) in [7, 11) is 0. The van der Waals surface area contributed by atoms with Gasteiger partial charge in [0, 0.05) is 25.0 Å². The number of likely N-dealkylation sites (N-methyl/N-ethyl adjacent to an activating group) is 1. The van der Waals surface area contributed by atoms with Crippen molar-refractivity contribution in [1.29, 1.82) is 0 Å². The molecule has 1 aliphatic carbocycles. The number of fused-ring (bicyclic) bond motifs is 1. The predicted octanol–water partition coefficient (Wildman–Crippen LogP) is 1.75. The first kappa shape index (κ1) is 18.8. The fourth-order valence-corrected chi connectivity index (χ4v) is 3.82. The van der Waals surface area contributed by atoms with Crippen LogP contribution in [0, 0.1) is 11.7 Å². The van der Waals surface area contributed by atoms with Crippen molar-refractivity contribution in [2.75, 3.05) is 13.2 Å². The van der Waals surface area contributed by atoms with Crippen LogP contribution in [0.1, 0.15) is 38.2 Å². The maximum absolute atomic E-state index is 13.3. The quantitative estimate of drug-likeness (QED) is 0.754. The lowest BCUT2D eigenvalue weighted by atomic mass is 9.82. The molecule has 1 amide bonds. The fraction of sp³-hybridized carbons (Fsp3) is 0.579. The first-order valence-corrected chi connectivity index (χ1v) is 9.28. The van der Waals surface area contributed by atoms with Crippen LogP contribution in [-0.4, -0.2) is 42.0 Å². The molecule has 0 aromatic heterocycles. The lowest BCUT2D eigenvalue weighted by Gasteiger charge is -2.26. The van der Waals surface area contributed by atoms with Gasteiger partial charge in [-0.05, 0) is 37.5 Å². The molecule has 1 saturated carbocycles. The van der Waals surface area contributed by atoms with Gasteiger partial charge in [0.2, 0.25) is 0 Å². The monoisotopic (exact) mass is 363 g/mol. The Bertz CT molecular complexity index is 655. The summed E-state index contributed by atoms with van der Waals surface area (Å²) in [5.41, 5.74) is 6.89. The molecule has 1 aliphatic heterocycles. The van der Waals surface area contributed by atoms with Gasteiger partial charge in [-0.3, -0.25) is 15.0 Å². The third-order valence-corrected chi connectivity index (χ3v) is 5.26. The molecule has 2 N–H and O–H groups in total. The van der Waals surface area contributed by atoms with Gasteiger partial charge in [0.05, 0.1) is 0 Å². The van der Waals surface area contributed by atoms with Gasteiger partial charge in [-0.15, -0.1) is 0 Å². The van der Waals surface area contributed by atoms with E-state index in [4.69, 9.17) is 4.74 Å². The third-order valence-electron chi connectivity index (χ3n) is 5.26. The number of ether oxygens (including phenoxy) is 1. The minimum absolute atomic E-state index is 0.223. The molecule has 26 heavy (non-hydrogen) atoms. The molecule has 0 spiro atoms. The van der Waals surface area contributed by atoms with Gasteiger partial charge in [-0.1, -0.05) is 25.0 Å². The number of halogens is 1. The number of amides is 1. The molecule has 1 saturated heterocycles. The van der Waals surface area contributed by atoms with Crippen LogP contribution in [0.25, 0.3) is 0 Å². The summed E-state index contributed by atoms with van der Waals surface area (Å²) in [5, 5.41) is 0. The molecule has 7 heteroatoms. The van der Waals surface area contributed by atoms with Gasteiger partial charge in [-0.25, -0.2) is 9.82 Å². The largest absolute Gasteiger partial charge is 0.454 e. The zero-order chi connectivity index (χ0) is 18.5. The summed E-state index contributed by atoms with van der Waals surface area (Å²) in [6.45, 7) is 2.30. The van der Waals surface area contributed by atoms with Crippen molar-refractivity contribution >= 4 is 11.9 Å². The number of nitrogens with one attached hydrogen (secondary N) is 2. The standard InChI is InChI=1S/C19H26FN3O3/c1-2-23(11-13-6-5-7-14(20)10-13)17(24)12-26-19(25)18-15-8-3-4-9-16(15)21-22-18/h5-7,10,15-16,18,21-22H,2-4,8-9,11-12H2,1H3. The Morgan fingerprint density at radius 1 is 1.27 bits per heavy atom. The van der Waals surface area contributed by atoms with E-state index >= 15 is 0 Å². The van der Waals surface area contributed by atoms with E-state index in [2.05, 4.69) is 10.9 Å². The summed E-state index contributed by atoms with van der Waals surface area (Å²) < 4.78 is 18.6. The highest BCUT2D eigenvalue weighted by atomic mass is 19.1. The zero-order valence-corrected chi connectivity index (χ0v) is 15.0. The number of esters is 1. The van der Waals surface area contributed by atoms with E-state index in [1.54, 1.807) is 17.0 Å². The van der Waals surface area contributed by atoms with E-state index in [1.807, 2.05) is 6.92 Å². The first-order chi connectivity index (χ1) is 12.6. The summed E-state index contributed by atoms with van der Waals surface area (Å²) >= 11 is 0. The smallest absolute Gasteiger partial charge is 0.325 e. The van der Waals surface area contributed by atoms with Crippen LogP contribution < -0.4 is 10.9 Å². The molecule has 0 bridgehead atoms. The molecule has 6 nitrogen and oxygen atoms in total. The van der Waals surface area contributed by atoms with Crippen molar-refractivity contribution in [3.05, 3.63) is 35.6 Å². The van der Waals surface area contributed by atoms with Gasteiger partial charge in [0.25, 0.3) is 5.91 Å². The van der Waals surface area contributed by atoms with Crippen LogP contribution in [0.5, 0.6) is 0 Å². The van der Waals surface area contributed by atoms with Crippen LogP contribution in [0.3, 0.4) is 0 Å². The van der Waals surface area contributed by atoms with Gasteiger partial charge >= 0.3 is 5.97 Å². The highest BCUT2D eigenvalue weighted by molar-refractivity contribution is 5.82. The molecule has 1 aromatic carbocycles. The Hall–Kier alpha value is -1.99. The van der Waals surface area contributed by atoms with E-state index in [-0.39, 0.29) is 30.2 Å². The maximum atomic E-state index is 13.3. The Morgan fingerprint density at radius 3 is 2.85 bits per heavy atom. The number of nitrogens with zero attached hydrogens (tertiary/aromatic N) is 1. The van der Waals surface area contributed by atoms with E-state index < -0.39 is 6.04 Å². The van der Waals surface area contributed by atoms with Crippen molar-refractivity contribution < 1.29 is 18.7 Å². The molecule has 3 rings (SSSR count). The van der Waals surface area contributed by atoms with Crippen molar-refractivity contribution in [3.8, 4) is 0 Å².